The summed E-state index contributed by atoms with van der Waals surface area (Å²) in [5.74, 6) is -2.44. The number of aliphatic hydroxyl groups excluding tert-OH is 1. The second kappa shape index (κ2) is 8.60. The number of fused-ring (bicyclic) bond motifs is 1. The fourth-order valence-electron chi connectivity index (χ4n) is 4.41. The van der Waals surface area contributed by atoms with Gasteiger partial charge in [0.25, 0.3) is 5.78 Å². The number of nitrogens with zero attached hydrogens (tertiary/aromatic N) is 2. The number of carbonyl (C=O) groups excluding carboxylic acids is 2. The lowest BCUT2D eigenvalue weighted by atomic mass is 9.85. The maximum atomic E-state index is 13.8. The van der Waals surface area contributed by atoms with Crippen LogP contribution in [0.2, 0.25) is 5.02 Å². The molecule has 1 aliphatic heterocycles. The van der Waals surface area contributed by atoms with Gasteiger partial charge in [-0.3, -0.25) is 14.5 Å². The summed E-state index contributed by atoms with van der Waals surface area (Å²) in [4.78, 5) is 35.3. The molecule has 5 rings (SSSR count). The van der Waals surface area contributed by atoms with E-state index in [0.29, 0.717) is 27.2 Å². The van der Waals surface area contributed by atoms with E-state index in [1.807, 2.05) is 24.3 Å². The summed E-state index contributed by atoms with van der Waals surface area (Å²) in [7, 11) is 0. The van der Waals surface area contributed by atoms with Gasteiger partial charge in [0.15, 0.2) is 0 Å². The fourth-order valence-corrected chi connectivity index (χ4v) is 4.60. The van der Waals surface area contributed by atoms with Gasteiger partial charge in [0.2, 0.25) is 5.95 Å². The topological polar surface area (TPSA) is 86.3 Å². The summed E-state index contributed by atoms with van der Waals surface area (Å²) >= 11 is 6.12. The Bertz CT molecular complexity index is 1550. The minimum atomic E-state index is -0.969. The van der Waals surface area contributed by atoms with E-state index in [-0.39, 0.29) is 22.7 Å². The van der Waals surface area contributed by atoms with Crippen molar-refractivity contribution in [2.24, 2.45) is 0 Å². The molecular weight excluding hydrogens is 481 g/mol. The molecule has 2 heterocycles. The van der Waals surface area contributed by atoms with E-state index in [0.717, 1.165) is 5.56 Å². The van der Waals surface area contributed by atoms with Crippen LogP contribution in [0.4, 0.5) is 10.3 Å². The van der Waals surface area contributed by atoms with Gasteiger partial charge in [-0.2, -0.15) is 0 Å². The number of ketones is 1. The van der Waals surface area contributed by atoms with E-state index >= 15 is 0 Å². The van der Waals surface area contributed by atoms with Crippen molar-refractivity contribution in [3.05, 3.63) is 99.8 Å². The molecule has 3 aromatic carbocycles. The van der Waals surface area contributed by atoms with Gasteiger partial charge in [0.1, 0.15) is 11.6 Å². The number of anilines is 1. The number of rotatable bonds is 3. The van der Waals surface area contributed by atoms with E-state index < -0.39 is 23.5 Å². The van der Waals surface area contributed by atoms with Gasteiger partial charge < -0.3 is 10.1 Å². The molecule has 1 atom stereocenters. The van der Waals surface area contributed by atoms with E-state index in [1.165, 1.54) is 29.2 Å². The van der Waals surface area contributed by atoms with Crippen LogP contribution >= 0.6 is 11.6 Å². The number of imidazole rings is 1. The Morgan fingerprint density at radius 3 is 2.44 bits per heavy atom. The van der Waals surface area contributed by atoms with Gasteiger partial charge in [-0.05, 0) is 46.9 Å². The Hall–Kier alpha value is -3.97. The van der Waals surface area contributed by atoms with Crippen LogP contribution in [-0.2, 0) is 15.0 Å². The minimum absolute atomic E-state index is 0.0766. The minimum Gasteiger partial charge on any atom is -0.507 e. The van der Waals surface area contributed by atoms with Crippen LogP contribution in [0.15, 0.2) is 72.3 Å². The molecule has 0 bridgehead atoms. The number of amides is 1. The van der Waals surface area contributed by atoms with Gasteiger partial charge in [0, 0.05) is 10.6 Å². The number of aromatic nitrogens is 2. The number of aromatic amines is 1. The number of hydrogen-bond donors (Lipinski definition) is 2. The number of nitrogens with one attached hydrogen (secondary N) is 1. The third-order valence-corrected chi connectivity index (χ3v) is 6.53. The zero-order chi connectivity index (χ0) is 25.8. The van der Waals surface area contributed by atoms with Crippen LogP contribution in [0.1, 0.15) is 43.5 Å². The molecule has 1 aliphatic rings. The summed E-state index contributed by atoms with van der Waals surface area (Å²) in [6.07, 6.45) is 0. The highest BCUT2D eigenvalue weighted by Gasteiger charge is 2.48. The van der Waals surface area contributed by atoms with Crippen LogP contribution in [0, 0.1) is 5.82 Å². The molecule has 0 saturated carbocycles. The van der Waals surface area contributed by atoms with Gasteiger partial charge in [-0.15, -0.1) is 0 Å². The first-order chi connectivity index (χ1) is 17.0. The van der Waals surface area contributed by atoms with Crippen LogP contribution in [-0.4, -0.2) is 26.8 Å². The van der Waals surface area contributed by atoms with Crippen LogP contribution in [0.3, 0.4) is 0 Å². The molecule has 36 heavy (non-hydrogen) atoms. The molecule has 6 nitrogen and oxygen atoms in total. The molecule has 0 aliphatic carbocycles. The Morgan fingerprint density at radius 2 is 1.78 bits per heavy atom. The summed E-state index contributed by atoms with van der Waals surface area (Å²) in [6, 6.07) is 17.0. The molecule has 1 amide bonds. The van der Waals surface area contributed by atoms with Crippen LogP contribution in [0.5, 0.6) is 0 Å². The highest BCUT2D eigenvalue weighted by atomic mass is 35.5. The lowest BCUT2D eigenvalue weighted by molar-refractivity contribution is -0.132. The molecule has 182 valence electrons. The predicted octanol–water partition coefficient (Wildman–Crippen LogP) is 6.28. The largest absolute Gasteiger partial charge is 0.507 e. The Balaban J connectivity index is 1.72. The molecular formula is C28H23ClFN3O3. The van der Waals surface area contributed by atoms with Crippen molar-refractivity contribution >= 4 is 46.0 Å². The van der Waals surface area contributed by atoms with Crippen molar-refractivity contribution < 1.29 is 19.1 Å². The summed E-state index contributed by atoms with van der Waals surface area (Å²) in [5, 5.41) is 11.6. The smallest absolute Gasteiger partial charge is 0.302 e. The van der Waals surface area contributed by atoms with Gasteiger partial charge in [-0.1, -0.05) is 68.8 Å². The average molecular weight is 504 g/mol. The number of hydrogen-bond acceptors (Lipinski definition) is 4. The fraction of sp³-hybridized carbons (Fsp3) is 0.179. The van der Waals surface area contributed by atoms with Gasteiger partial charge >= 0.3 is 5.91 Å². The van der Waals surface area contributed by atoms with Crippen LogP contribution < -0.4 is 4.90 Å². The number of Topliss-reactive ketones (excluding diaryl/α,β-unsaturated/α-hetero) is 1. The molecule has 1 fully saturated rings. The first kappa shape index (κ1) is 23.8. The Kier molecular flexibility index (Phi) is 5.68. The number of halogens is 2. The molecule has 1 saturated heterocycles. The second-order valence-corrected chi connectivity index (χ2v) is 10.2. The molecule has 1 unspecified atom stereocenters. The Labute approximate surface area is 212 Å². The lowest BCUT2D eigenvalue weighted by Crippen LogP contribution is -2.30. The summed E-state index contributed by atoms with van der Waals surface area (Å²) < 4.78 is 13.8. The van der Waals surface area contributed by atoms with E-state index in [2.05, 4.69) is 30.7 Å². The molecule has 8 heteroatoms. The van der Waals surface area contributed by atoms with Crippen molar-refractivity contribution in [1.82, 2.24) is 9.97 Å². The third kappa shape index (κ3) is 4.05. The molecule has 2 N–H and O–H groups in total. The second-order valence-electron chi connectivity index (χ2n) is 9.77. The van der Waals surface area contributed by atoms with Gasteiger partial charge in [0.05, 0.1) is 22.6 Å². The maximum Gasteiger partial charge on any atom is 0.302 e. The van der Waals surface area contributed by atoms with Gasteiger partial charge in [-0.25, -0.2) is 9.37 Å². The molecule has 1 aromatic heterocycles. The first-order valence-corrected chi connectivity index (χ1v) is 11.7. The van der Waals surface area contributed by atoms with Crippen molar-refractivity contribution in [3.63, 3.8) is 0 Å². The SMILES string of the molecule is CC(C)(C)c1ccc(C2/C(=C(\O)c3cccc(Cl)c3)C(=O)C(=O)N2c2nc3ccc(F)cc3[nH]2)cc1. The van der Waals surface area contributed by atoms with E-state index in [1.54, 1.807) is 18.2 Å². The van der Waals surface area contributed by atoms with Crippen molar-refractivity contribution in [2.45, 2.75) is 32.2 Å². The first-order valence-electron chi connectivity index (χ1n) is 11.4. The quantitative estimate of drug-likeness (QED) is 0.196. The average Bonchev–Trinajstić information content (AvgIpc) is 3.36. The number of carbonyl (C=O) groups is 2. The lowest BCUT2D eigenvalue weighted by Gasteiger charge is -2.25. The highest BCUT2D eigenvalue weighted by molar-refractivity contribution is 6.51. The number of aliphatic hydroxyl groups is 1. The van der Waals surface area contributed by atoms with Crippen molar-refractivity contribution in [2.75, 3.05) is 4.90 Å². The maximum absolute atomic E-state index is 13.8. The molecule has 0 radical (unpaired) electrons. The summed E-state index contributed by atoms with van der Waals surface area (Å²) in [5.41, 5.74) is 2.60. The zero-order valence-electron chi connectivity index (χ0n) is 19.8. The molecule has 0 spiro atoms. The monoisotopic (exact) mass is 503 g/mol. The third-order valence-electron chi connectivity index (χ3n) is 6.29. The van der Waals surface area contributed by atoms with Crippen molar-refractivity contribution in [3.8, 4) is 0 Å². The van der Waals surface area contributed by atoms with Crippen LogP contribution in [0.25, 0.3) is 16.8 Å². The van der Waals surface area contributed by atoms with E-state index in [9.17, 15) is 19.1 Å². The zero-order valence-corrected chi connectivity index (χ0v) is 20.6. The van der Waals surface area contributed by atoms with E-state index in [4.69, 9.17) is 11.6 Å². The predicted molar refractivity (Wildman–Crippen MR) is 137 cm³/mol. The standard InChI is InChI=1S/C28H23ClFN3O3/c1-28(2,3)17-9-7-15(8-10-17)23-22(24(34)16-5-4-6-18(29)13-16)25(35)26(36)33(23)27-31-20-12-11-19(30)14-21(20)32-27/h4-14,23,34H,1-3H3,(H,31,32)/b24-22+. The highest BCUT2D eigenvalue weighted by Crippen LogP contribution is 2.42. The number of benzene rings is 3. The van der Waals surface area contributed by atoms with Crippen molar-refractivity contribution in [1.29, 1.82) is 0 Å². The Morgan fingerprint density at radius 1 is 1.06 bits per heavy atom. The molecule has 4 aromatic rings. The number of H-pyrrole nitrogens is 1. The summed E-state index contributed by atoms with van der Waals surface area (Å²) in [6.45, 7) is 6.25. The normalized spacial score (nSPS) is 17.8.